The lowest BCUT2D eigenvalue weighted by Crippen LogP contribution is -2.12. The zero-order valence-electron chi connectivity index (χ0n) is 14.7. The summed E-state index contributed by atoms with van der Waals surface area (Å²) in [6, 6.07) is 0. The van der Waals surface area contributed by atoms with Gasteiger partial charge < -0.3 is 0 Å². The first kappa shape index (κ1) is 16.8. The molecule has 21 heavy (non-hydrogen) atoms. The van der Waals surface area contributed by atoms with Gasteiger partial charge >= 0.3 is 0 Å². The molecule has 0 saturated heterocycles. The quantitative estimate of drug-likeness (QED) is 0.420. The second kappa shape index (κ2) is 8.81. The van der Waals surface area contributed by atoms with Gasteiger partial charge in [-0.3, -0.25) is 0 Å². The van der Waals surface area contributed by atoms with Crippen molar-refractivity contribution < 1.29 is 0 Å². The molecule has 0 radical (unpaired) electrons. The highest BCUT2D eigenvalue weighted by molar-refractivity contribution is 5.46. The molecule has 2 aliphatic rings. The minimum atomic E-state index is 0.818. The van der Waals surface area contributed by atoms with Crippen molar-refractivity contribution in [3.8, 4) is 0 Å². The van der Waals surface area contributed by atoms with Crippen LogP contribution in [0.4, 0.5) is 0 Å². The molecule has 0 N–H and O–H groups in total. The molecule has 2 aliphatic carbocycles. The molecule has 0 aliphatic heterocycles. The Bertz CT molecular complexity index is 371. The Morgan fingerprint density at radius 2 is 1.67 bits per heavy atom. The second-order valence-electron chi connectivity index (χ2n) is 7.30. The maximum absolute atomic E-state index is 2.68. The summed E-state index contributed by atoms with van der Waals surface area (Å²) >= 11 is 0. The van der Waals surface area contributed by atoms with Gasteiger partial charge in [-0.05, 0) is 61.5 Å². The zero-order valence-corrected chi connectivity index (χ0v) is 14.7. The molecule has 0 bridgehead atoms. The first-order chi connectivity index (χ1) is 10.3. The van der Waals surface area contributed by atoms with Crippen LogP contribution in [0.3, 0.4) is 0 Å². The SMILES string of the molecule is CCCCC1=CC(CCCC)C2=C1CC(CCCC)CC2. The number of unbranched alkanes of at least 4 members (excludes halogenated alkanes) is 3. The van der Waals surface area contributed by atoms with Crippen LogP contribution >= 0.6 is 0 Å². The van der Waals surface area contributed by atoms with E-state index in [1.165, 1.54) is 77.0 Å². The highest BCUT2D eigenvalue weighted by Gasteiger charge is 2.30. The van der Waals surface area contributed by atoms with E-state index < -0.39 is 0 Å². The Morgan fingerprint density at radius 1 is 0.952 bits per heavy atom. The number of rotatable bonds is 9. The summed E-state index contributed by atoms with van der Waals surface area (Å²) in [7, 11) is 0. The molecule has 0 heterocycles. The van der Waals surface area contributed by atoms with Crippen LogP contribution < -0.4 is 0 Å². The van der Waals surface area contributed by atoms with Gasteiger partial charge in [-0.15, -0.1) is 0 Å². The van der Waals surface area contributed by atoms with Gasteiger partial charge in [-0.1, -0.05) is 70.9 Å². The zero-order chi connectivity index (χ0) is 15.1. The van der Waals surface area contributed by atoms with Crippen molar-refractivity contribution in [1.82, 2.24) is 0 Å². The van der Waals surface area contributed by atoms with E-state index >= 15 is 0 Å². The molecule has 0 aromatic heterocycles. The van der Waals surface area contributed by atoms with Gasteiger partial charge in [0.25, 0.3) is 0 Å². The van der Waals surface area contributed by atoms with E-state index in [1.54, 1.807) is 5.57 Å². The largest absolute Gasteiger partial charge is 0.0738 e. The lowest BCUT2D eigenvalue weighted by Gasteiger charge is -2.27. The van der Waals surface area contributed by atoms with Gasteiger partial charge in [0.05, 0.1) is 0 Å². The monoisotopic (exact) mass is 288 g/mol. The Hall–Kier alpha value is -0.520. The third-order valence-electron chi connectivity index (χ3n) is 5.57. The second-order valence-corrected chi connectivity index (χ2v) is 7.30. The Morgan fingerprint density at radius 3 is 2.38 bits per heavy atom. The Kier molecular flexibility index (Phi) is 7.07. The van der Waals surface area contributed by atoms with Crippen LogP contribution in [0.15, 0.2) is 22.8 Å². The van der Waals surface area contributed by atoms with E-state index in [0.29, 0.717) is 0 Å². The summed E-state index contributed by atoms with van der Waals surface area (Å²) in [6.07, 6.45) is 19.4. The maximum atomic E-state index is 2.68. The van der Waals surface area contributed by atoms with Crippen LogP contribution in [-0.4, -0.2) is 0 Å². The smallest absolute Gasteiger partial charge is 0.00114 e. The minimum Gasteiger partial charge on any atom is -0.0738 e. The van der Waals surface area contributed by atoms with Crippen LogP contribution in [0, 0.1) is 11.8 Å². The van der Waals surface area contributed by atoms with Crippen LogP contribution in [0.2, 0.25) is 0 Å². The van der Waals surface area contributed by atoms with E-state index in [-0.39, 0.29) is 0 Å². The van der Waals surface area contributed by atoms with Crippen molar-refractivity contribution >= 4 is 0 Å². The molecule has 2 rings (SSSR count). The third-order valence-corrected chi connectivity index (χ3v) is 5.57. The highest BCUT2D eigenvalue weighted by atomic mass is 14.4. The Labute approximate surface area is 133 Å². The van der Waals surface area contributed by atoms with Crippen LogP contribution in [0.1, 0.15) is 97.8 Å². The third kappa shape index (κ3) is 4.47. The van der Waals surface area contributed by atoms with Crippen molar-refractivity contribution in [2.45, 2.75) is 97.8 Å². The van der Waals surface area contributed by atoms with E-state index in [2.05, 4.69) is 26.8 Å². The van der Waals surface area contributed by atoms with Crippen LogP contribution in [0.5, 0.6) is 0 Å². The van der Waals surface area contributed by atoms with E-state index in [0.717, 1.165) is 11.8 Å². The standard InChI is InChI=1S/C21H36/c1-4-7-10-17-13-14-20-18(11-8-5-2)16-19(12-9-6-3)21(20)15-17/h16-18H,4-15H2,1-3H3. The number of allylic oxidation sites excluding steroid dienone is 4. The summed E-state index contributed by atoms with van der Waals surface area (Å²) in [5.74, 6) is 1.80. The molecule has 0 amide bonds. The molecular formula is C21H36. The normalized spacial score (nSPS) is 25.2. The van der Waals surface area contributed by atoms with Gasteiger partial charge in [-0.2, -0.15) is 0 Å². The predicted molar refractivity (Wildman–Crippen MR) is 94.5 cm³/mol. The van der Waals surface area contributed by atoms with Crippen LogP contribution in [0.25, 0.3) is 0 Å². The average molecular weight is 289 g/mol. The summed E-state index contributed by atoms with van der Waals surface area (Å²) in [6.45, 7) is 6.98. The molecule has 2 atom stereocenters. The van der Waals surface area contributed by atoms with Crippen molar-refractivity contribution in [2.24, 2.45) is 11.8 Å². The topological polar surface area (TPSA) is 0 Å². The van der Waals surface area contributed by atoms with Crippen molar-refractivity contribution in [2.75, 3.05) is 0 Å². The van der Waals surface area contributed by atoms with Gasteiger partial charge in [0.2, 0.25) is 0 Å². The molecule has 0 heteroatoms. The number of hydrogen-bond donors (Lipinski definition) is 0. The molecule has 0 aromatic carbocycles. The van der Waals surface area contributed by atoms with Crippen molar-refractivity contribution in [3.63, 3.8) is 0 Å². The van der Waals surface area contributed by atoms with E-state index in [4.69, 9.17) is 0 Å². The van der Waals surface area contributed by atoms with E-state index in [1.807, 2.05) is 11.1 Å². The molecule has 0 saturated carbocycles. The minimum absolute atomic E-state index is 0.818. The molecule has 0 spiro atoms. The molecule has 2 unspecified atom stereocenters. The molecule has 0 nitrogen and oxygen atoms in total. The van der Waals surface area contributed by atoms with Gasteiger partial charge in [-0.25, -0.2) is 0 Å². The predicted octanol–water partition coefficient (Wildman–Crippen LogP) is 7.21. The van der Waals surface area contributed by atoms with Gasteiger partial charge in [0.1, 0.15) is 0 Å². The van der Waals surface area contributed by atoms with Crippen LogP contribution in [-0.2, 0) is 0 Å². The fourth-order valence-electron chi connectivity index (χ4n) is 4.25. The van der Waals surface area contributed by atoms with Gasteiger partial charge in [0.15, 0.2) is 0 Å². The molecular weight excluding hydrogens is 252 g/mol. The molecule has 0 fully saturated rings. The fourth-order valence-corrected chi connectivity index (χ4v) is 4.25. The summed E-state index contributed by atoms with van der Waals surface area (Å²) in [4.78, 5) is 0. The summed E-state index contributed by atoms with van der Waals surface area (Å²) in [5, 5.41) is 0. The van der Waals surface area contributed by atoms with Crippen molar-refractivity contribution in [1.29, 1.82) is 0 Å². The lowest BCUT2D eigenvalue weighted by molar-refractivity contribution is 0.403. The maximum Gasteiger partial charge on any atom is -0.00114 e. The lowest BCUT2D eigenvalue weighted by atomic mass is 9.78. The first-order valence-electron chi connectivity index (χ1n) is 9.73. The molecule has 0 aromatic rings. The summed E-state index contributed by atoms with van der Waals surface area (Å²) < 4.78 is 0. The Balaban J connectivity index is 2.04. The first-order valence-corrected chi connectivity index (χ1v) is 9.73. The van der Waals surface area contributed by atoms with Crippen molar-refractivity contribution in [3.05, 3.63) is 22.8 Å². The fraction of sp³-hybridized carbons (Fsp3) is 0.810. The average Bonchev–Trinajstić information content (AvgIpc) is 2.86. The van der Waals surface area contributed by atoms with Gasteiger partial charge in [0, 0.05) is 0 Å². The number of hydrogen-bond acceptors (Lipinski definition) is 0. The molecule has 120 valence electrons. The van der Waals surface area contributed by atoms with E-state index in [9.17, 15) is 0 Å². The summed E-state index contributed by atoms with van der Waals surface area (Å²) in [5.41, 5.74) is 5.45. The highest BCUT2D eigenvalue weighted by Crippen LogP contribution is 2.46.